The van der Waals surface area contributed by atoms with Crippen LogP contribution in [-0.2, 0) is 24.4 Å². The largest absolute Gasteiger partial charge is 0.324 e. The highest BCUT2D eigenvalue weighted by Crippen LogP contribution is 2.17. The molecule has 1 aliphatic heterocycles. The van der Waals surface area contributed by atoms with Gasteiger partial charge >= 0.3 is 0 Å². The van der Waals surface area contributed by atoms with E-state index in [1.54, 1.807) is 0 Å². The molecule has 3 N–H and O–H groups in total. The Hall–Kier alpha value is -2.26. The molecule has 22 heavy (non-hydrogen) atoms. The lowest BCUT2D eigenvalue weighted by molar-refractivity contribution is -0.144. The molecule has 0 saturated carbocycles. The maximum atomic E-state index is 12.1. The molecule has 8 nitrogen and oxygen atoms in total. The number of benzene rings is 1. The number of likely N-dealkylation sites (tertiary alicyclic amines) is 1. The van der Waals surface area contributed by atoms with Gasteiger partial charge in [0.1, 0.15) is 6.04 Å². The summed E-state index contributed by atoms with van der Waals surface area (Å²) in [4.78, 5) is 36.1. The number of anilines is 1. The number of hydrogen-bond donors (Lipinski definition) is 2. The quantitative estimate of drug-likeness (QED) is 0.742. The van der Waals surface area contributed by atoms with E-state index in [0.717, 1.165) is 4.90 Å². The smallest absolute Gasteiger partial charge is 0.247 e. The summed E-state index contributed by atoms with van der Waals surface area (Å²) in [6.07, 6.45) is 0.221. The van der Waals surface area contributed by atoms with E-state index in [1.165, 1.54) is 31.2 Å². The average molecular weight is 325 g/mol. The van der Waals surface area contributed by atoms with Gasteiger partial charge in [-0.1, -0.05) is 0 Å². The monoisotopic (exact) mass is 325 g/mol. The summed E-state index contributed by atoms with van der Waals surface area (Å²) >= 11 is 0. The maximum absolute atomic E-state index is 12.1. The van der Waals surface area contributed by atoms with Crippen molar-refractivity contribution in [2.75, 3.05) is 5.32 Å². The highest BCUT2D eigenvalue weighted by atomic mass is 32.2. The predicted octanol–water partition coefficient (Wildman–Crippen LogP) is -0.190. The second-order valence-corrected chi connectivity index (χ2v) is 6.45. The van der Waals surface area contributed by atoms with Crippen molar-refractivity contribution < 1.29 is 22.8 Å². The molecule has 9 heteroatoms. The van der Waals surface area contributed by atoms with Crippen LogP contribution in [0.15, 0.2) is 29.2 Å². The van der Waals surface area contributed by atoms with E-state index < -0.39 is 22.0 Å². The van der Waals surface area contributed by atoms with Crippen LogP contribution >= 0.6 is 0 Å². The first-order valence-corrected chi connectivity index (χ1v) is 8.03. The number of rotatable bonds is 4. The normalized spacial score (nSPS) is 16.7. The van der Waals surface area contributed by atoms with Crippen molar-refractivity contribution in [2.24, 2.45) is 5.14 Å². The van der Waals surface area contributed by atoms with Crippen LogP contribution in [0.25, 0.3) is 0 Å². The number of amides is 3. The van der Waals surface area contributed by atoms with E-state index in [0.29, 0.717) is 5.69 Å². The Morgan fingerprint density at radius 2 is 1.68 bits per heavy atom. The minimum absolute atomic E-state index is 0.0801. The molecule has 0 unspecified atom stereocenters. The molecule has 118 valence electrons. The predicted molar refractivity (Wildman–Crippen MR) is 77.0 cm³/mol. The van der Waals surface area contributed by atoms with Crippen LogP contribution in [0.1, 0.15) is 19.8 Å². The van der Waals surface area contributed by atoms with Crippen molar-refractivity contribution in [3.8, 4) is 0 Å². The maximum Gasteiger partial charge on any atom is 0.247 e. The van der Waals surface area contributed by atoms with Gasteiger partial charge in [-0.05, 0) is 31.2 Å². The van der Waals surface area contributed by atoms with E-state index >= 15 is 0 Å². The Morgan fingerprint density at radius 1 is 1.18 bits per heavy atom. The Morgan fingerprint density at radius 3 is 2.14 bits per heavy atom. The third kappa shape index (κ3) is 3.31. The first-order chi connectivity index (χ1) is 10.2. The van der Waals surface area contributed by atoms with Gasteiger partial charge in [-0.3, -0.25) is 19.3 Å². The molecule has 1 aromatic rings. The molecular weight excluding hydrogens is 310 g/mol. The zero-order valence-corrected chi connectivity index (χ0v) is 12.6. The number of carbonyl (C=O) groups is 3. The van der Waals surface area contributed by atoms with Crippen LogP contribution in [0.4, 0.5) is 5.69 Å². The van der Waals surface area contributed by atoms with Gasteiger partial charge in [0.15, 0.2) is 0 Å². The van der Waals surface area contributed by atoms with Crippen LogP contribution in [0.3, 0.4) is 0 Å². The minimum atomic E-state index is -3.80. The number of primary sulfonamides is 1. The number of sulfonamides is 1. The zero-order chi connectivity index (χ0) is 16.5. The van der Waals surface area contributed by atoms with Crippen molar-refractivity contribution in [2.45, 2.75) is 30.7 Å². The molecule has 0 aliphatic carbocycles. The number of nitrogens with one attached hydrogen (secondary N) is 1. The summed E-state index contributed by atoms with van der Waals surface area (Å²) in [6.45, 7) is 1.45. The second kappa shape index (κ2) is 5.85. The highest BCUT2D eigenvalue weighted by molar-refractivity contribution is 7.89. The lowest BCUT2D eigenvalue weighted by Gasteiger charge is -2.21. The van der Waals surface area contributed by atoms with Crippen molar-refractivity contribution in [3.05, 3.63) is 24.3 Å². The van der Waals surface area contributed by atoms with Gasteiger partial charge in [0.2, 0.25) is 27.7 Å². The zero-order valence-electron chi connectivity index (χ0n) is 11.8. The first kappa shape index (κ1) is 16.1. The van der Waals surface area contributed by atoms with Crippen molar-refractivity contribution in [3.63, 3.8) is 0 Å². The van der Waals surface area contributed by atoms with E-state index in [4.69, 9.17) is 5.14 Å². The summed E-state index contributed by atoms with van der Waals surface area (Å²) in [6, 6.07) is 4.32. The first-order valence-electron chi connectivity index (χ1n) is 6.49. The van der Waals surface area contributed by atoms with E-state index in [2.05, 4.69) is 5.32 Å². The number of imide groups is 1. The van der Waals surface area contributed by atoms with E-state index in [-0.39, 0.29) is 29.6 Å². The molecule has 2 rings (SSSR count). The average Bonchev–Trinajstić information content (AvgIpc) is 2.77. The number of carbonyl (C=O) groups excluding carboxylic acids is 3. The summed E-state index contributed by atoms with van der Waals surface area (Å²) in [5, 5.41) is 7.49. The molecule has 0 radical (unpaired) electrons. The lowest BCUT2D eigenvalue weighted by Crippen LogP contribution is -2.44. The van der Waals surface area contributed by atoms with Crippen molar-refractivity contribution in [1.82, 2.24) is 4.90 Å². The molecule has 1 heterocycles. The number of nitrogens with zero attached hydrogens (tertiary/aromatic N) is 1. The molecule has 3 amide bonds. The Kier molecular flexibility index (Phi) is 4.29. The highest BCUT2D eigenvalue weighted by Gasteiger charge is 2.36. The van der Waals surface area contributed by atoms with Gasteiger partial charge in [0, 0.05) is 18.5 Å². The molecule has 1 fully saturated rings. The van der Waals surface area contributed by atoms with Gasteiger partial charge in [0.05, 0.1) is 4.90 Å². The van der Waals surface area contributed by atoms with Crippen molar-refractivity contribution >= 4 is 33.4 Å². The fourth-order valence-corrected chi connectivity index (χ4v) is 2.63. The molecular formula is C13H15N3O5S. The second-order valence-electron chi connectivity index (χ2n) is 4.89. The van der Waals surface area contributed by atoms with Gasteiger partial charge in [-0.15, -0.1) is 0 Å². The van der Waals surface area contributed by atoms with Gasteiger partial charge in [0.25, 0.3) is 0 Å². The summed E-state index contributed by atoms with van der Waals surface area (Å²) in [7, 11) is -3.80. The molecule has 0 bridgehead atoms. The standard InChI is InChI=1S/C13H15N3O5S/c1-8(16-11(17)6-7-12(16)18)13(19)15-9-2-4-10(5-3-9)22(14,20)21/h2-5,8H,6-7H2,1H3,(H,15,19)(H2,14,20,21)/t8-/m0/s1. The minimum Gasteiger partial charge on any atom is -0.324 e. The Labute approximate surface area is 127 Å². The van der Waals surface area contributed by atoms with Gasteiger partial charge in [-0.25, -0.2) is 13.6 Å². The van der Waals surface area contributed by atoms with Gasteiger partial charge < -0.3 is 5.32 Å². The van der Waals surface area contributed by atoms with E-state index in [1.807, 2.05) is 0 Å². The Balaban J connectivity index is 2.09. The molecule has 1 aliphatic rings. The summed E-state index contributed by atoms with van der Waals surface area (Å²) < 4.78 is 22.3. The van der Waals surface area contributed by atoms with Crippen LogP contribution in [0, 0.1) is 0 Å². The number of hydrogen-bond acceptors (Lipinski definition) is 5. The van der Waals surface area contributed by atoms with Crippen LogP contribution in [0.5, 0.6) is 0 Å². The van der Waals surface area contributed by atoms with Crippen molar-refractivity contribution in [1.29, 1.82) is 0 Å². The molecule has 1 aromatic carbocycles. The topological polar surface area (TPSA) is 127 Å². The molecule has 0 aromatic heterocycles. The molecule has 0 spiro atoms. The third-order valence-corrected chi connectivity index (χ3v) is 4.24. The fourth-order valence-electron chi connectivity index (χ4n) is 2.12. The number of nitrogens with two attached hydrogens (primary N) is 1. The fraction of sp³-hybridized carbons (Fsp3) is 0.308. The van der Waals surface area contributed by atoms with Crippen LogP contribution in [-0.4, -0.2) is 37.1 Å². The summed E-state index contributed by atoms with van der Waals surface area (Å²) in [5.74, 6) is -1.29. The molecule has 1 atom stereocenters. The van der Waals surface area contributed by atoms with Gasteiger partial charge in [-0.2, -0.15) is 0 Å². The van der Waals surface area contributed by atoms with Crippen LogP contribution < -0.4 is 10.5 Å². The van der Waals surface area contributed by atoms with Crippen LogP contribution in [0.2, 0.25) is 0 Å². The van der Waals surface area contributed by atoms with E-state index in [9.17, 15) is 22.8 Å². The summed E-state index contributed by atoms with van der Waals surface area (Å²) in [5.41, 5.74) is 0.336. The SMILES string of the molecule is C[C@@H](C(=O)Nc1ccc(S(N)(=O)=O)cc1)N1C(=O)CCC1=O. The lowest BCUT2D eigenvalue weighted by atomic mass is 10.2. The third-order valence-electron chi connectivity index (χ3n) is 3.31. The molecule has 1 saturated heterocycles. The Bertz CT molecular complexity index is 711.